The van der Waals surface area contributed by atoms with Gasteiger partial charge in [0.25, 0.3) is 0 Å². The summed E-state index contributed by atoms with van der Waals surface area (Å²) in [5.41, 5.74) is 1.99. The standard InChI is InChI=1S/C19H23ClN2O3S/c1-15-6-9-18(10-7-15)26(24,25)22(2)13-12-21-19(23)11-8-16-4-3-5-17(20)14-16/h3-7,9-10,14H,8,11-13H2,1-2H3,(H,21,23). The molecule has 0 heterocycles. The Morgan fingerprint density at radius 1 is 1.15 bits per heavy atom. The Balaban J connectivity index is 1.79. The second kappa shape index (κ2) is 9.16. The van der Waals surface area contributed by atoms with Crippen LogP contribution >= 0.6 is 11.6 Å². The van der Waals surface area contributed by atoms with Crippen molar-refractivity contribution >= 4 is 27.5 Å². The molecule has 0 bridgehead atoms. The Labute approximate surface area is 160 Å². The molecule has 1 amide bonds. The minimum absolute atomic E-state index is 0.119. The zero-order valence-electron chi connectivity index (χ0n) is 14.9. The average Bonchev–Trinajstić information content (AvgIpc) is 2.60. The molecule has 0 fully saturated rings. The molecule has 0 aliphatic heterocycles. The van der Waals surface area contributed by atoms with Gasteiger partial charge in [-0.15, -0.1) is 0 Å². The Morgan fingerprint density at radius 2 is 1.85 bits per heavy atom. The lowest BCUT2D eigenvalue weighted by Gasteiger charge is -2.17. The molecule has 0 aliphatic rings. The lowest BCUT2D eigenvalue weighted by molar-refractivity contribution is -0.121. The van der Waals surface area contributed by atoms with Crippen LogP contribution < -0.4 is 5.32 Å². The van der Waals surface area contributed by atoms with Gasteiger partial charge in [-0.1, -0.05) is 41.4 Å². The summed E-state index contributed by atoms with van der Waals surface area (Å²) in [7, 11) is -2.04. The van der Waals surface area contributed by atoms with Crippen LogP contribution in [-0.4, -0.2) is 38.8 Å². The summed E-state index contributed by atoms with van der Waals surface area (Å²) >= 11 is 5.92. The molecule has 2 aromatic carbocycles. The predicted molar refractivity (Wildman–Crippen MR) is 104 cm³/mol. The maximum absolute atomic E-state index is 12.5. The van der Waals surface area contributed by atoms with E-state index in [0.717, 1.165) is 11.1 Å². The molecule has 7 heteroatoms. The Morgan fingerprint density at radius 3 is 2.50 bits per heavy atom. The number of likely N-dealkylation sites (N-methyl/N-ethyl adjacent to an activating group) is 1. The van der Waals surface area contributed by atoms with E-state index in [1.165, 1.54) is 11.4 Å². The molecule has 0 atom stereocenters. The number of sulfonamides is 1. The quantitative estimate of drug-likeness (QED) is 0.748. The zero-order chi connectivity index (χ0) is 19.2. The van der Waals surface area contributed by atoms with Crippen molar-refractivity contribution in [2.24, 2.45) is 0 Å². The minimum Gasteiger partial charge on any atom is -0.355 e. The van der Waals surface area contributed by atoms with Crippen LogP contribution in [0.1, 0.15) is 17.5 Å². The Hall–Kier alpha value is -1.89. The van der Waals surface area contributed by atoms with Gasteiger partial charge in [0.2, 0.25) is 15.9 Å². The topological polar surface area (TPSA) is 66.5 Å². The molecule has 0 saturated carbocycles. The second-order valence-corrected chi connectivity index (χ2v) is 8.60. The van der Waals surface area contributed by atoms with Crippen molar-refractivity contribution in [3.05, 3.63) is 64.7 Å². The van der Waals surface area contributed by atoms with Gasteiger partial charge >= 0.3 is 0 Å². The van der Waals surface area contributed by atoms with Crippen LogP contribution in [0, 0.1) is 6.92 Å². The van der Waals surface area contributed by atoms with Crippen molar-refractivity contribution in [3.63, 3.8) is 0 Å². The van der Waals surface area contributed by atoms with Crippen LogP contribution in [0.4, 0.5) is 0 Å². The maximum atomic E-state index is 12.5. The average molecular weight is 395 g/mol. The van der Waals surface area contributed by atoms with Crippen molar-refractivity contribution in [2.75, 3.05) is 20.1 Å². The molecule has 2 rings (SSSR count). The summed E-state index contributed by atoms with van der Waals surface area (Å²) in [6, 6.07) is 14.1. The fourth-order valence-electron chi connectivity index (χ4n) is 2.40. The van der Waals surface area contributed by atoms with Gasteiger partial charge in [-0.3, -0.25) is 4.79 Å². The molecule has 0 spiro atoms. The SMILES string of the molecule is Cc1ccc(S(=O)(=O)N(C)CCNC(=O)CCc2cccc(Cl)c2)cc1. The number of hydrogen-bond donors (Lipinski definition) is 1. The highest BCUT2D eigenvalue weighted by Crippen LogP contribution is 2.14. The lowest BCUT2D eigenvalue weighted by atomic mass is 10.1. The van der Waals surface area contributed by atoms with Crippen LogP contribution in [0.25, 0.3) is 0 Å². The van der Waals surface area contributed by atoms with E-state index in [0.29, 0.717) is 17.9 Å². The number of carbonyl (C=O) groups excluding carboxylic acids is 1. The van der Waals surface area contributed by atoms with Crippen molar-refractivity contribution in [1.29, 1.82) is 0 Å². The lowest BCUT2D eigenvalue weighted by Crippen LogP contribution is -2.36. The molecule has 5 nitrogen and oxygen atoms in total. The van der Waals surface area contributed by atoms with Crippen molar-refractivity contribution in [3.8, 4) is 0 Å². The highest BCUT2D eigenvalue weighted by Gasteiger charge is 2.20. The highest BCUT2D eigenvalue weighted by atomic mass is 35.5. The van der Waals surface area contributed by atoms with E-state index < -0.39 is 10.0 Å². The molecule has 0 radical (unpaired) electrons. The normalized spacial score (nSPS) is 11.5. The van der Waals surface area contributed by atoms with Crippen LogP contribution in [0.3, 0.4) is 0 Å². The maximum Gasteiger partial charge on any atom is 0.242 e. The van der Waals surface area contributed by atoms with Crippen LogP contribution in [0.15, 0.2) is 53.4 Å². The van der Waals surface area contributed by atoms with Gasteiger partial charge in [0.15, 0.2) is 0 Å². The molecule has 1 N–H and O–H groups in total. The van der Waals surface area contributed by atoms with Gasteiger partial charge in [-0.2, -0.15) is 4.31 Å². The number of aryl methyl sites for hydroxylation is 2. The molecular formula is C19H23ClN2O3S. The number of benzene rings is 2. The molecule has 26 heavy (non-hydrogen) atoms. The molecule has 0 unspecified atom stereocenters. The van der Waals surface area contributed by atoms with Crippen molar-refractivity contribution < 1.29 is 13.2 Å². The number of halogens is 1. The molecule has 0 aliphatic carbocycles. The first-order chi connectivity index (χ1) is 12.3. The number of carbonyl (C=O) groups is 1. The number of amides is 1. The third-order valence-electron chi connectivity index (χ3n) is 4.01. The largest absolute Gasteiger partial charge is 0.355 e. The van der Waals surface area contributed by atoms with Gasteiger partial charge in [-0.05, 0) is 43.2 Å². The molecule has 0 saturated heterocycles. The van der Waals surface area contributed by atoms with Crippen molar-refractivity contribution in [2.45, 2.75) is 24.7 Å². The summed E-state index contributed by atoms with van der Waals surface area (Å²) in [5.74, 6) is -0.119. The number of rotatable bonds is 8. The third kappa shape index (κ3) is 5.83. The van der Waals surface area contributed by atoms with Gasteiger partial charge in [0, 0.05) is 31.6 Å². The molecule has 2 aromatic rings. The van der Waals surface area contributed by atoms with Gasteiger partial charge in [-0.25, -0.2) is 8.42 Å². The zero-order valence-corrected chi connectivity index (χ0v) is 16.5. The third-order valence-corrected chi connectivity index (χ3v) is 6.11. The minimum atomic E-state index is -3.55. The summed E-state index contributed by atoms with van der Waals surface area (Å²) in [6.07, 6.45) is 0.915. The van der Waals surface area contributed by atoms with Crippen molar-refractivity contribution in [1.82, 2.24) is 9.62 Å². The van der Waals surface area contributed by atoms with Crippen LogP contribution in [0.5, 0.6) is 0 Å². The van der Waals surface area contributed by atoms with E-state index in [-0.39, 0.29) is 23.9 Å². The first kappa shape index (κ1) is 20.4. The van der Waals surface area contributed by atoms with E-state index in [9.17, 15) is 13.2 Å². The van der Waals surface area contributed by atoms with E-state index in [1.807, 2.05) is 25.1 Å². The first-order valence-corrected chi connectivity index (χ1v) is 10.1. The Kier molecular flexibility index (Phi) is 7.20. The second-order valence-electron chi connectivity index (χ2n) is 6.12. The number of hydrogen-bond acceptors (Lipinski definition) is 3. The van der Waals surface area contributed by atoms with Gasteiger partial charge in [0.05, 0.1) is 4.90 Å². The fraction of sp³-hybridized carbons (Fsp3) is 0.316. The van der Waals surface area contributed by atoms with Crippen LogP contribution in [0.2, 0.25) is 5.02 Å². The fourth-order valence-corrected chi connectivity index (χ4v) is 3.79. The number of nitrogens with one attached hydrogen (secondary N) is 1. The van der Waals surface area contributed by atoms with E-state index in [2.05, 4.69) is 5.32 Å². The smallest absolute Gasteiger partial charge is 0.242 e. The summed E-state index contributed by atoms with van der Waals surface area (Å²) in [5, 5.41) is 3.40. The van der Waals surface area contributed by atoms with E-state index in [1.54, 1.807) is 30.3 Å². The molecule has 140 valence electrons. The summed E-state index contributed by atoms with van der Waals surface area (Å²) in [6.45, 7) is 2.37. The predicted octanol–water partition coefficient (Wildman–Crippen LogP) is 3.02. The molecular weight excluding hydrogens is 372 g/mol. The Bertz CT molecular complexity index is 851. The number of nitrogens with zero attached hydrogens (tertiary/aromatic N) is 1. The van der Waals surface area contributed by atoms with E-state index in [4.69, 9.17) is 11.6 Å². The first-order valence-electron chi connectivity index (χ1n) is 8.33. The summed E-state index contributed by atoms with van der Waals surface area (Å²) in [4.78, 5) is 12.2. The molecule has 0 aromatic heterocycles. The van der Waals surface area contributed by atoms with E-state index >= 15 is 0 Å². The summed E-state index contributed by atoms with van der Waals surface area (Å²) < 4.78 is 26.2. The van der Waals surface area contributed by atoms with Gasteiger partial charge in [0.1, 0.15) is 0 Å². The monoisotopic (exact) mass is 394 g/mol. The highest BCUT2D eigenvalue weighted by molar-refractivity contribution is 7.89. The van der Waals surface area contributed by atoms with Crippen LogP contribution in [-0.2, 0) is 21.2 Å². The van der Waals surface area contributed by atoms with Gasteiger partial charge < -0.3 is 5.32 Å².